The van der Waals surface area contributed by atoms with E-state index in [2.05, 4.69) is 78.7 Å². The van der Waals surface area contributed by atoms with Gasteiger partial charge in [0.25, 0.3) is 0 Å². The maximum Gasteiger partial charge on any atom is 0.404 e. The number of allylic oxidation sites excluding steroid dienone is 1. The summed E-state index contributed by atoms with van der Waals surface area (Å²) in [5, 5.41) is 0. The zero-order valence-corrected chi connectivity index (χ0v) is 25.7. The van der Waals surface area contributed by atoms with Crippen molar-refractivity contribution in [3.8, 4) is 0 Å². The second-order valence-corrected chi connectivity index (χ2v) is 14.8. The van der Waals surface area contributed by atoms with Gasteiger partial charge in [-0.1, -0.05) is 90.8 Å². The van der Waals surface area contributed by atoms with E-state index in [1.807, 2.05) is 51.1 Å². The van der Waals surface area contributed by atoms with Gasteiger partial charge in [0, 0.05) is 28.2 Å². The van der Waals surface area contributed by atoms with E-state index >= 15 is 0 Å². The number of hydrogen-bond acceptors (Lipinski definition) is 4. The lowest BCUT2D eigenvalue weighted by Gasteiger charge is -2.38. The van der Waals surface area contributed by atoms with Gasteiger partial charge in [0.05, 0.1) is 12.1 Å². The Kier molecular flexibility index (Phi) is 11.3. The third-order valence-electron chi connectivity index (χ3n) is 6.14. The summed E-state index contributed by atoms with van der Waals surface area (Å²) in [6.45, 7) is 14.8. The number of nitrogens with two attached hydrogens (primary N) is 1. The first-order valence-corrected chi connectivity index (χ1v) is 14.7. The van der Waals surface area contributed by atoms with E-state index in [1.54, 1.807) is 0 Å². The highest BCUT2D eigenvalue weighted by atomic mass is 79.9. The molecule has 3 atom stereocenters. The number of hydrogen-bond donors (Lipinski definition) is 2. The second-order valence-electron chi connectivity index (χ2n) is 12.0. The monoisotopic (exact) mass is 590 g/mol. The zero-order valence-electron chi connectivity index (χ0n) is 23.3. The van der Waals surface area contributed by atoms with Crippen LogP contribution < -0.4 is 10.5 Å². The lowest BCUT2D eigenvalue weighted by molar-refractivity contribution is 0.142. The third-order valence-corrected chi connectivity index (χ3v) is 8.36. The Balaban J connectivity index is 2.55. The van der Waals surface area contributed by atoms with Crippen molar-refractivity contribution in [3.63, 3.8) is 0 Å². The highest BCUT2D eigenvalue weighted by Gasteiger charge is 2.41. The Bertz CT molecular complexity index is 1030. The molecule has 2 rings (SSSR count). The molecule has 7 heteroatoms. The van der Waals surface area contributed by atoms with Gasteiger partial charge in [-0.2, -0.15) is 0 Å². The van der Waals surface area contributed by atoms with Gasteiger partial charge in [-0.25, -0.2) is 4.79 Å². The highest BCUT2D eigenvalue weighted by molar-refractivity contribution is 9.10. The molecule has 0 aromatic heterocycles. The largest absolute Gasteiger partial charge is 0.598 e. The lowest BCUT2D eigenvalue weighted by atomic mass is 9.78. The van der Waals surface area contributed by atoms with Gasteiger partial charge in [-0.3, -0.25) is 0 Å². The molecular formula is C30H43BrN2O3S. The van der Waals surface area contributed by atoms with Gasteiger partial charge >= 0.3 is 6.09 Å². The molecule has 0 aliphatic carbocycles. The molecule has 37 heavy (non-hydrogen) atoms. The fourth-order valence-electron chi connectivity index (χ4n) is 4.42. The molecule has 0 fully saturated rings. The number of primary amides is 1. The standard InChI is InChI=1S/C30H43BrN2O3S/c1-22(19-24(21-28(2,3)4)23-13-15-26(31)16-14-23)20-30(17-18-36-27(32)34,25-11-9-8-10-12-25)33-37(35)29(5,6)7/h8-16,19,24,33H,17-18,20-21H2,1-7H3,(H2,32,34)/t24-,30?,37-/m1/s1. The molecule has 0 aliphatic rings. The van der Waals surface area contributed by atoms with Crippen molar-refractivity contribution in [1.29, 1.82) is 0 Å². The second kappa shape index (κ2) is 13.3. The van der Waals surface area contributed by atoms with Crippen LogP contribution in [-0.4, -0.2) is 22.0 Å². The van der Waals surface area contributed by atoms with Crippen LogP contribution in [0, 0.1) is 5.41 Å². The SMILES string of the molecule is CC(=C[C@H](CC(C)(C)C)c1ccc(Br)cc1)CC(CCOC(N)=O)(N[S@+]([O-])C(C)(C)C)c1ccccc1. The number of rotatable bonds is 11. The third kappa shape index (κ3) is 10.5. The van der Waals surface area contributed by atoms with Crippen molar-refractivity contribution in [2.75, 3.05) is 6.61 Å². The van der Waals surface area contributed by atoms with E-state index in [0.717, 1.165) is 16.5 Å². The molecule has 1 amide bonds. The fourth-order valence-corrected chi connectivity index (χ4v) is 5.63. The van der Waals surface area contributed by atoms with Crippen molar-refractivity contribution >= 4 is 33.4 Å². The highest BCUT2D eigenvalue weighted by Crippen LogP contribution is 2.38. The molecule has 0 heterocycles. The van der Waals surface area contributed by atoms with Crippen LogP contribution in [0.1, 0.15) is 84.8 Å². The van der Waals surface area contributed by atoms with E-state index in [9.17, 15) is 9.35 Å². The first kappa shape index (κ1) is 31.4. The van der Waals surface area contributed by atoms with Crippen LogP contribution in [0.5, 0.6) is 0 Å². The van der Waals surface area contributed by atoms with Gasteiger partial charge in [0.2, 0.25) is 0 Å². The number of amides is 1. The Morgan fingerprint density at radius 3 is 2.19 bits per heavy atom. The molecule has 0 bridgehead atoms. The smallest absolute Gasteiger partial charge is 0.404 e. The Morgan fingerprint density at radius 1 is 1.08 bits per heavy atom. The van der Waals surface area contributed by atoms with Gasteiger partial charge in [0.15, 0.2) is 0 Å². The van der Waals surface area contributed by atoms with Crippen LogP contribution in [-0.2, 0) is 21.6 Å². The van der Waals surface area contributed by atoms with E-state index in [-0.39, 0.29) is 17.9 Å². The molecule has 2 aromatic rings. The van der Waals surface area contributed by atoms with Crippen LogP contribution in [0.25, 0.3) is 0 Å². The summed E-state index contributed by atoms with van der Waals surface area (Å²) in [6.07, 6.45) is 3.53. The van der Waals surface area contributed by atoms with Crippen LogP contribution in [0.3, 0.4) is 0 Å². The number of carbonyl (C=O) groups is 1. The van der Waals surface area contributed by atoms with Gasteiger partial charge < -0.3 is 15.0 Å². The summed E-state index contributed by atoms with van der Waals surface area (Å²) >= 11 is 2.19. The first-order valence-electron chi connectivity index (χ1n) is 12.7. The summed E-state index contributed by atoms with van der Waals surface area (Å²) in [7, 11) is 0. The molecule has 3 N–H and O–H groups in total. The number of nitrogens with one attached hydrogen (secondary N) is 1. The van der Waals surface area contributed by atoms with Crippen LogP contribution in [0.15, 0.2) is 70.7 Å². The molecule has 0 saturated heterocycles. The minimum absolute atomic E-state index is 0.115. The molecule has 5 nitrogen and oxygen atoms in total. The maximum atomic E-state index is 13.4. The van der Waals surface area contributed by atoms with Crippen molar-refractivity contribution in [2.45, 2.75) is 83.9 Å². The molecular weight excluding hydrogens is 548 g/mol. The molecule has 0 saturated carbocycles. The van der Waals surface area contributed by atoms with Gasteiger partial charge in [-0.05, 0) is 69.2 Å². The molecule has 2 aromatic carbocycles. The lowest BCUT2D eigenvalue weighted by Crippen LogP contribution is -2.52. The molecule has 0 aliphatic heterocycles. The zero-order chi connectivity index (χ0) is 27.9. The molecule has 1 unspecified atom stereocenters. The summed E-state index contributed by atoms with van der Waals surface area (Å²) < 4.78 is 22.6. The van der Waals surface area contributed by atoms with Crippen LogP contribution >= 0.6 is 15.9 Å². The normalized spacial score (nSPS) is 16.1. The minimum Gasteiger partial charge on any atom is -0.598 e. The topological polar surface area (TPSA) is 87.4 Å². The Morgan fingerprint density at radius 2 is 1.68 bits per heavy atom. The average Bonchev–Trinajstić information content (AvgIpc) is 2.77. The summed E-state index contributed by atoms with van der Waals surface area (Å²) in [6, 6.07) is 18.5. The average molecular weight is 592 g/mol. The van der Waals surface area contributed by atoms with E-state index in [0.29, 0.717) is 12.8 Å². The van der Waals surface area contributed by atoms with Crippen molar-refractivity contribution < 1.29 is 14.1 Å². The fraction of sp³-hybridized carbons (Fsp3) is 0.500. The van der Waals surface area contributed by atoms with Crippen molar-refractivity contribution in [3.05, 3.63) is 81.8 Å². The predicted molar refractivity (Wildman–Crippen MR) is 159 cm³/mol. The number of ether oxygens (including phenoxy) is 1. The number of halogens is 1. The minimum atomic E-state index is -1.36. The summed E-state index contributed by atoms with van der Waals surface area (Å²) in [5.41, 5.74) is 8.10. The Labute approximate surface area is 235 Å². The maximum absolute atomic E-state index is 13.4. The molecule has 0 spiro atoms. The Hall–Kier alpha value is -1.80. The van der Waals surface area contributed by atoms with E-state index in [1.165, 1.54) is 11.1 Å². The summed E-state index contributed by atoms with van der Waals surface area (Å²) in [5.74, 6) is 0.219. The molecule has 204 valence electrons. The predicted octanol–water partition coefficient (Wildman–Crippen LogP) is 7.74. The molecule has 0 radical (unpaired) electrons. The van der Waals surface area contributed by atoms with Gasteiger partial charge in [0.1, 0.15) is 4.75 Å². The number of benzene rings is 2. The van der Waals surface area contributed by atoms with Gasteiger partial charge in [-0.15, -0.1) is 4.72 Å². The van der Waals surface area contributed by atoms with Crippen molar-refractivity contribution in [1.82, 2.24) is 4.72 Å². The first-order chi connectivity index (χ1) is 17.1. The quantitative estimate of drug-likeness (QED) is 0.207. The summed E-state index contributed by atoms with van der Waals surface area (Å²) in [4.78, 5) is 11.4. The van der Waals surface area contributed by atoms with E-state index in [4.69, 9.17) is 10.5 Å². The van der Waals surface area contributed by atoms with E-state index < -0.39 is 27.7 Å². The van der Waals surface area contributed by atoms with Crippen LogP contribution in [0.4, 0.5) is 4.79 Å². The number of carbonyl (C=O) groups excluding carboxylic acids is 1. The van der Waals surface area contributed by atoms with Crippen molar-refractivity contribution in [2.24, 2.45) is 11.1 Å². The van der Waals surface area contributed by atoms with Crippen LogP contribution in [0.2, 0.25) is 0 Å².